The second-order valence-corrected chi connectivity index (χ2v) is 7.98. The molecule has 0 radical (unpaired) electrons. The average Bonchev–Trinajstić information content (AvgIpc) is 2.90. The fourth-order valence-corrected chi connectivity index (χ4v) is 4.27. The first-order valence-corrected chi connectivity index (χ1v) is 9.02. The second kappa shape index (κ2) is 5.59. The molecule has 0 spiro atoms. The summed E-state index contributed by atoms with van der Waals surface area (Å²) < 4.78 is 26.5. The lowest BCUT2D eigenvalue weighted by Gasteiger charge is -2.29. The highest BCUT2D eigenvalue weighted by molar-refractivity contribution is 7.89. The number of carbonyl (C=O) groups excluding carboxylic acids is 1. The summed E-state index contributed by atoms with van der Waals surface area (Å²) in [6.07, 6.45) is 2.52. The lowest BCUT2D eigenvalue weighted by atomic mass is 10.0. The maximum atomic E-state index is 12.9. The standard InChI is InChI=1S/C17H19N3O3S/c1-10-5-6-14-13(9-10)16(21)15(20(4)24(14,22)23)12(3)19-17-11(2)7-8-18-17/h5-6,8-9,19H,7H2,1-4H3/b15-12-. The van der Waals surface area contributed by atoms with Gasteiger partial charge in [0.1, 0.15) is 11.5 Å². The van der Waals surface area contributed by atoms with E-state index in [1.165, 1.54) is 13.1 Å². The Morgan fingerprint density at radius 2 is 2.00 bits per heavy atom. The van der Waals surface area contributed by atoms with Crippen LogP contribution in [0.1, 0.15) is 36.2 Å². The van der Waals surface area contributed by atoms with Crippen LogP contribution in [0, 0.1) is 6.92 Å². The molecule has 0 unspecified atom stereocenters. The first-order valence-electron chi connectivity index (χ1n) is 7.58. The third-order valence-corrected chi connectivity index (χ3v) is 6.05. The number of carbonyl (C=O) groups is 1. The van der Waals surface area contributed by atoms with E-state index in [1.807, 2.05) is 13.8 Å². The van der Waals surface area contributed by atoms with Crippen LogP contribution in [-0.2, 0) is 10.0 Å². The molecule has 2 heterocycles. The summed E-state index contributed by atoms with van der Waals surface area (Å²) in [7, 11) is -2.35. The molecule has 2 aliphatic rings. The minimum absolute atomic E-state index is 0.0476. The molecule has 0 bridgehead atoms. The van der Waals surface area contributed by atoms with E-state index in [1.54, 1.807) is 25.3 Å². The van der Waals surface area contributed by atoms with Gasteiger partial charge in [-0.25, -0.2) is 13.4 Å². The predicted octanol–water partition coefficient (Wildman–Crippen LogP) is 2.34. The highest BCUT2D eigenvalue weighted by Gasteiger charge is 2.38. The van der Waals surface area contributed by atoms with Gasteiger partial charge >= 0.3 is 0 Å². The maximum Gasteiger partial charge on any atom is 0.264 e. The molecule has 0 fully saturated rings. The SMILES string of the molecule is CC1=C(N/C(C)=C2/C(=O)c3cc(C)ccc3S(=O)(=O)N2C)N=CC1. The number of aryl methyl sites for hydroxylation is 1. The molecule has 0 saturated heterocycles. The number of benzene rings is 1. The zero-order valence-corrected chi connectivity index (χ0v) is 14.9. The van der Waals surface area contributed by atoms with Crippen molar-refractivity contribution in [3.8, 4) is 0 Å². The minimum Gasteiger partial charge on any atom is -0.342 e. The molecule has 0 atom stereocenters. The van der Waals surface area contributed by atoms with Crippen molar-refractivity contribution in [2.75, 3.05) is 7.05 Å². The number of likely N-dealkylation sites (N-methyl/N-ethyl adjacent to an activating group) is 1. The van der Waals surface area contributed by atoms with Crippen molar-refractivity contribution >= 4 is 22.0 Å². The van der Waals surface area contributed by atoms with Crippen LogP contribution in [0.15, 0.2) is 50.9 Å². The number of nitrogens with zero attached hydrogens (tertiary/aromatic N) is 2. The summed E-state index contributed by atoms with van der Waals surface area (Å²) >= 11 is 0. The summed E-state index contributed by atoms with van der Waals surface area (Å²) in [5.41, 5.74) is 2.68. The molecule has 24 heavy (non-hydrogen) atoms. The van der Waals surface area contributed by atoms with Gasteiger partial charge in [-0.2, -0.15) is 0 Å². The Morgan fingerprint density at radius 1 is 1.29 bits per heavy atom. The normalized spacial score (nSPS) is 21.2. The van der Waals surface area contributed by atoms with Crippen LogP contribution in [0.5, 0.6) is 0 Å². The Balaban J connectivity index is 2.16. The van der Waals surface area contributed by atoms with Crippen molar-refractivity contribution in [1.29, 1.82) is 0 Å². The van der Waals surface area contributed by atoms with Crippen molar-refractivity contribution in [1.82, 2.24) is 9.62 Å². The number of Topliss-reactive ketones (excluding diaryl/α,β-unsaturated/α-hetero) is 1. The van der Waals surface area contributed by atoms with E-state index in [4.69, 9.17) is 0 Å². The van der Waals surface area contributed by atoms with E-state index >= 15 is 0 Å². The molecule has 0 aliphatic carbocycles. The zero-order valence-electron chi connectivity index (χ0n) is 14.0. The van der Waals surface area contributed by atoms with Gasteiger partial charge in [-0.1, -0.05) is 11.6 Å². The number of sulfonamides is 1. The number of ketones is 1. The van der Waals surface area contributed by atoms with Crippen LogP contribution in [0.2, 0.25) is 0 Å². The van der Waals surface area contributed by atoms with Crippen molar-refractivity contribution in [3.63, 3.8) is 0 Å². The molecular formula is C17H19N3O3S. The number of aliphatic imine (C=N–C) groups is 1. The molecule has 126 valence electrons. The predicted molar refractivity (Wildman–Crippen MR) is 92.1 cm³/mol. The summed E-state index contributed by atoms with van der Waals surface area (Å²) in [6, 6.07) is 4.80. The first kappa shape index (κ1) is 16.4. The molecule has 7 heteroatoms. The van der Waals surface area contributed by atoms with Crippen molar-refractivity contribution < 1.29 is 13.2 Å². The Hall–Kier alpha value is -2.41. The van der Waals surface area contributed by atoms with Crippen LogP contribution in [0.4, 0.5) is 0 Å². The number of rotatable bonds is 2. The molecule has 1 aromatic carbocycles. The number of allylic oxidation sites excluding steroid dienone is 3. The number of hydrogen-bond donors (Lipinski definition) is 1. The highest BCUT2D eigenvalue weighted by Crippen LogP contribution is 2.33. The van der Waals surface area contributed by atoms with E-state index in [0.29, 0.717) is 11.5 Å². The smallest absolute Gasteiger partial charge is 0.264 e. The number of fused-ring (bicyclic) bond motifs is 1. The molecule has 2 aliphatic heterocycles. The number of nitrogens with one attached hydrogen (secondary N) is 1. The van der Waals surface area contributed by atoms with Gasteiger partial charge in [0.05, 0.1) is 4.90 Å². The third kappa shape index (κ3) is 2.45. The number of hydrogen-bond acceptors (Lipinski definition) is 5. The van der Waals surface area contributed by atoms with E-state index in [9.17, 15) is 13.2 Å². The van der Waals surface area contributed by atoms with Gasteiger partial charge in [-0.3, -0.25) is 9.10 Å². The quantitative estimate of drug-likeness (QED) is 0.835. The van der Waals surface area contributed by atoms with Gasteiger partial charge in [-0.05, 0) is 38.5 Å². The third-order valence-electron chi connectivity index (χ3n) is 4.23. The lowest BCUT2D eigenvalue weighted by Crippen LogP contribution is -2.38. The fourth-order valence-electron chi connectivity index (χ4n) is 2.85. The molecule has 0 saturated carbocycles. The van der Waals surface area contributed by atoms with Crippen LogP contribution in [0.3, 0.4) is 0 Å². The molecular weight excluding hydrogens is 326 g/mol. The molecule has 0 amide bonds. The zero-order chi connectivity index (χ0) is 17.6. The summed E-state index contributed by atoms with van der Waals surface area (Å²) in [6.45, 7) is 5.46. The Labute approximate surface area is 141 Å². The Morgan fingerprint density at radius 3 is 2.62 bits per heavy atom. The topological polar surface area (TPSA) is 78.8 Å². The largest absolute Gasteiger partial charge is 0.342 e. The second-order valence-electron chi connectivity index (χ2n) is 6.04. The van der Waals surface area contributed by atoms with E-state index in [2.05, 4.69) is 10.3 Å². The van der Waals surface area contributed by atoms with Crippen molar-refractivity contribution in [2.24, 2.45) is 4.99 Å². The van der Waals surface area contributed by atoms with Gasteiger partial charge in [0.25, 0.3) is 10.0 Å². The first-order chi connectivity index (χ1) is 11.2. The van der Waals surface area contributed by atoms with Gasteiger partial charge < -0.3 is 5.32 Å². The van der Waals surface area contributed by atoms with Crippen LogP contribution >= 0.6 is 0 Å². The van der Waals surface area contributed by atoms with E-state index < -0.39 is 10.0 Å². The molecule has 1 N–H and O–H groups in total. The maximum absolute atomic E-state index is 12.9. The molecule has 3 rings (SSSR count). The van der Waals surface area contributed by atoms with Gasteiger partial charge in [0, 0.05) is 30.9 Å². The lowest BCUT2D eigenvalue weighted by molar-refractivity contribution is 0.100. The molecule has 6 nitrogen and oxygen atoms in total. The summed E-state index contributed by atoms with van der Waals surface area (Å²) in [5, 5.41) is 3.08. The Bertz CT molecular complexity index is 940. The van der Waals surface area contributed by atoms with Gasteiger partial charge in [0.15, 0.2) is 0 Å². The Kier molecular flexibility index (Phi) is 3.83. The van der Waals surface area contributed by atoms with E-state index in [-0.39, 0.29) is 21.9 Å². The van der Waals surface area contributed by atoms with Crippen LogP contribution in [0.25, 0.3) is 0 Å². The summed E-state index contributed by atoms with van der Waals surface area (Å²) in [4.78, 5) is 17.2. The molecule has 0 aromatic heterocycles. The monoisotopic (exact) mass is 345 g/mol. The molecule has 1 aromatic rings. The van der Waals surface area contributed by atoms with E-state index in [0.717, 1.165) is 21.9 Å². The van der Waals surface area contributed by atoms with Crippen molar-refractivity contribution in [2.45, 2.75) is 32.1 Å². The summed E-state index contributed by atoms with van der Waals surface area (Å²) in [5.74, 6) is 0.352. The average molecular weight is 345 g/mol. The highest BCUT2D eigenvalue weighted by atomic mass is 32.2. The fraction of sp³-hybridized carbons (Fsp3) is 0.294. The minimum atomic E-state index is -3.75. The van der Waals surface area contributed by atoms with Gasteiger partial charge in [0.2, 0.25) is 5.78 Å². The van der Waals surface area contributed by atoms with Crippen LogP contribution in [-0.4, -0.2) is 31.8 Å². The van der Waals surface area contributed by atoms with Gasteiger partial charge in [-0.15, -0.1) is 0 Å². The van der Waals surface area contributed by atoms with Crippen LogP contribution < -0.4 is 5.32 Å². The van der Waals surface area contributed by atoms with Crippen molar-refractivity contribution in [3.05, 3.63) is 52.1 Å².